The Balaban J connectivity index is 0.00000208. The fourth-order valence-electron chi connectivity index (χ4n) is 2.62. The van der Waals surface area contributed by atoms with Crippen LogP contribution in [0.25, 0.3) is 10.9 Å². The number of aromatic nitrogens is 3. The SMILES string of the molecule is CN=C(NCCc1c[nH]c2ccccc12)NCc1cnn(C)c1.I. The van der Waals surface area contributed by atoms with Crippen LogP contribution in [0.1, 0.15) is 11.1 Å². The van der Waals surface area contributed by atoms with Crippen LogP contribution in [0.15, 0.2) is 47.8 Å². The molecule has 3 rings (SSSR count). The molecule has 0 aliphatic rings. The van der Waals surface area contributed by atoms with E-state index in [4.69, 9.17) is 0 Å². The number of aryl methyl sites for hydroxylation is 1. The summed E-state index contributed by atoms with van der Waals surface area (Å²) in [4.78, 5) is 7.56. The summed E-state index contributed by atoms with van der Waals surface area (Å²) in [7, 11) is 3.70. The number of hydrogen-bond acceptors (Lipinski definition) is 2. The maximum atomic E-state index is 4.25. The zero-order chi connectivity index (χ0) is 16.1. The topological polar surface area (TPSA) is 70.0 Å². The summed E-state index contributed by atoms with van der Waals surface area (Å²) in [5.74, 6) is 0.800. The highest BCUT2D eigenvalue weighted by Crippen LogP contribution is 2.17. The molecule has 0 spiro atoms. The predicted molar refractivity (Wildman–Crippen MR) is 109 cm³/mol. The van der Waals surface area contributed by atoms with Crippen molar-refractivity contribution in [3.05, 3.63) is 54.0 Å². The van der Waals surface area contributed by atoms with E-state index in [0.717, 1.165) is 24.5 Å². The van der Waals surface area contributed by atoms with Crippen LogP contribution in [-0.4, -0.2) is 34.3 Å². The van der Waals surface area contributed by atoms with Gasteiger partial charge >= 0.3 is 0 Å². The molecular formula is C17H23IN6. The first kappa shape index (κ1) is 18.3. The molecule has 0 aliphatic carbocycles. The lowest BCUT2D eigenvalue weighted by molar-refractivity contribution is 0.764. The van der Waals surface area contributed by atoms with Gasteiger partial charge in [-0.05, 0) is 18.1 Å². The third kappa shape index (κ3) is 4.50. The van der Waals surface area contributed by atoms with E-state index in [-0.39, 0.29) is 24.0 Å². The first-order valence-electron chi connectivity index (χ1n) is 7.73. The van der Waals surface area contributed by atoms with E-state index in [1.807, 2.05) is 25.5 Å². The van der Waals surface area contributed by atoms with Gasteiger partial charge in [-0.3, -0.25) is 9.67 Å². The van der Waals surface area contributed by atoms with E-state index in [1.54, 1.807) is 11.7 Å². The third-order valence-electron chi connectivity index (χ3n) is 3.80. The zero-order valence-electron chi connectivity index (χ0n) is 13.9. The molecule has 0 unspecified atom stereocenters. The number of H-pyrrole nitrogens is 1. The minimum Gasteiger partial charge on any atom is -0.361 e. The molecule has 0 amide bonds. The Morgan fingerprint density at radius 2 is 2.12 bits per heavy atom. The van der Waals surface area contributed by atoms with Crippen LogP contribution in [0.3, 0.4) is 0 Å². The van der Waals surface area contributed by atoms with E-state index < -0.39 is 0 Å². The molecule has 0 saturated carbocycles. The van der Waals surface area contributed by atoms with Crippen molar-refractivity contribution in [2.45, 2.75) is 13.0 Å². The highest BCUT2D eigenvalue weighted by atomic mass is 127. The Labute approximate surface area is 158 Å². The number of halogens is 1. The molecule has 3 aromatic rings. The van der Waals surface area contributed by atoms with Crippen molar-refractivity contribution in [3.63, 3.8) is 0 Å². The molecule has 1 aromatic carbocycles. The lowest BCUT2D eigenvalue weighted by atomic mass is 10.1. The molecule has 6 nitrogen and oxygen atoms in total. The molecule has 24 heavy (non-hydrogen) atoms. The molecule has 3 N–H and O–H groups in total. The molecule has 0 saturated heterocycles. The van der Waals surface area contributed by atoms with E-state index in [1.165, 1.54) is 16.5 Å². The molecule has 0 atom stereocenters. The summed E-state index contributed by atoms with van der Waals surface area (Å²) < 4.78 is 1.80. The summed E-state index contributed by atoms with van der Waals surface area (Å²) in [5, 5.41) is 12.1. The highest BCUT2D eigenvalue weighted by Gasteiger charge is 2.04. The van der Waals surface area contributed by atoms with E-state index in [9.17, 15) is 0 Å². The lowest BCUT2D eigenvalue weighted by Crippen LogP contribution is -2.37. The van der Waals surface area contributed by atoms with Crippen LogP contribution in [0, 0.1) is 0 Å². The van der Waals surface area contributed by atoms with Gasteiger partial charge in [0.25, 0.3) is 0 Å². The fraction of sp³-hybridized carbons (Fsp3) is 0.294. The average Bonchev–Trinajstić information content (AvgIpc) is 3.17. The van der Waals surface area contributed by atoms with Crippen LogP contribution in [-0.2, 0) is 20.0 Å². The summed E-state index contributed by atoms with van der Waals surface area (Å²) >= 11 is 0. The predicted octanol–water partition coefficient (Wildman–Crippen LogP) is 2.43. The maximum absolute atomic E-state index is 4.25. The van der Waals surface area contributed by atoms with Gasteiger partial charge in [0.15, 0.2) is 5.96 Å². The number of aliphatic imine (C=N–C) groups is 1. The number of rotatable bonds is 5. The largest absolute Gasteiger partial charge is 0.361 e. The Hall–Kier alpha value is -2.03. The van der Waals surface area contributed by atoms with Crippen LogP contribution in [0.2, 0.25) is 0 Å². The van der Waals surface area contributed by atoms with Crippen molar-refractivity contribution in [3.8, 4) is 0 Å². The molecule has 128 valence electrons. The summed E-state index contributed by atoms with van der Waals surface area (Å²) in [6.45, 7) is 1.54. The van der Waals surface area contributed by atoms with Crippen molar-refractivity contribution in [2.75, 3.05) is 13.6 Å². The van der Waals surface area contributed by atoms with Gasteiger partial charge in [0, 0.05) is 56.0 Å². The summed E-state index contributed by atoms with van der Waals surface area (Å²) in [6.07, 6.45) is 6.87. The van der Waals surface area contributed by atoms with Crippen LogP contribution < -0.4 is 10.6 Å². The minimum absolute atomic E-state index is 0. The van der Waals surface area contributed by atoms with Gasteiger partial charge in [0.1, 0.15) is 0 Å². The molecule has 0 radical (unpaired) electrons. The molecule has 0 bridgehead atoms. The Morgan fingerprint density at radius 1 is 1.29 bits per heavy atom. The molecule has 2 aromatic heterocycles. The average molecular weight is 438 g/mol. The van der Waals surface area contributed by atoms with Crippen molar-refractivity contribution in [2.24, 2.45) is 12.0 Å². The third-order valence-corrected chi connectivity index (χ3v) is 3.80. The Morgan fingerprint density at radius 3 is 2.88 bits per heavy atom. The smallest absolute Gasteiger partial charge is 0.191 e. The van der Waals surface area contributed by atoms with E-state index >= 15 is 0 Å². The summed E-state index contributed by atoms with van der Waals surface area (Å²) in [6, 6.07) is 8.36. The van der Waals surface area contributed by atoms with Crippen LogP contribution >= 0.6 is 24.0 Å². The standard InChI is InChI=1S/C17H22N6.HI/c1-18-17(21-9-13-10-22-23(2)12-13)19-8-7-14-11-20-16-6-4-3-5-15(14)16;/h3-6,10-12,20H,7-9H2,1-2H3,(H2,18,19,21);1H. The number of para-hydroxylation sites is 1. The number of benzene rings is 1. The second-order valence-electron chi connectivity index (χ2n) is 5.48. The zero-order valence-corrected chi connectivity index (χ0v) is 16.2. The first-order valence-corrected chi connectivity index (χ1v) is 7.73. The number of guanidine groups is 1. The van der Waals surface area contributed by atoms with Gasteiger partial charge in [0.2, 0.25) is 0 Å². The van der Waals surface area contributed by atoms with Gasteiger partial charge in [-0.1, -0.05) is 18.2 Å². The van der Waals surface area contributed by atoms with Crippen molar-refractivity contribution < 1.29 is 0 Å². The molecule has 7 heteroatoms. The van der Waals surface area contributed by atoms with Gasteiger partial charge in [0.05, 0.1) is 6.20 Å². The van der Waals surface area contributed by atoms with Gasteiger partial charge in [-0.2, -0.15) is 5.10 Å². The van der Waals surface area contributed by atoms with Crippen molar-refractivity contribution in [1.82, 2.24) is 25.4 Å². The molecule has 2 heterocycles. The Bertz CT molecular complexity index is 804. The number of nitrogens with zero attached hydrogens (tertiary/aromatic N) is 3. The molecule has 0 aliphatic heterocycles. The number of aromatic amines is 1. The molecule has 0 fully saturated rings. The second kappa shape index (κ2) is 8.72. The van der Waals surface area contributed by atoms with Crippen molar-refractivity contribution >= 4 is 40.8 Å². The lowest BCUT2D eigenvalue weighted by Gasteiger charge is -2.10. The fourth-order valence-corrected chi connectivity index (χ4v) is 2.62. The van der Waals surface area contributed by atoms with Crippen LogP contribution in [0.5, 0.6) is 0 Å². The van der Waals surface area contributed by atoms with Gasteiger partial charge < -0.3 is 15.6 Å². The van der Waals surface area contributed by atoms with Crippen LogP contribution in [0.4, 0.5) is 0 Å². The summed E-state index contributed by atoms with van der Waals surface area (Å²) in [5.41, 5.74) is 3.63. The van der Waals surface area contributed by atoms with Gasteiger partial charge in [-0.25, -0.2) is 0 Å². The van der Waals surface area contributed by atoms with E-state index in [0.29, 0.717) is 6.54 Å². The molecular weight excluding hydrogens is 415 g/mol. The quantitative estimate of drug-likeness (QED) is 0.326. The van der Waals surface area contributed by atoms with Crippen molar-refractivity contribution in [1.29, 1.82) is 0 Å². The number of fused-ring (bicyclic) bond motifs is 1. The second-order valence-corrected chi connectivity index (χ2v) is 5.48. The highest BCUT2D eigenvalue weighted by molar-refractivity contribution is 14.0. The monoisotopic (exact) mass is 438 g/mol. The first-order chi connectivity index (χ1) is 11.3. The van der Waals surface area contributed by atoms with Gasteiger partial charge in [-0.15, -0.1) is 24.0 Å². The maximum Gasteiger partial charge on any atom is 0.191 e. The number of hydrogen-bond donors (Lipinski definition) is 3. The number of nitrogens with one attached hydrogen (secondary N) is 3. The normalized spacial score (nSPS) is 11.3. The Kier molecular flexibility index (Phi) is 6.65. The van der Waals surface area contributed by atoms with E-state index in [2.05, 4.69) is 50.1 Å². The minimum atomic E-state index is 0.